The minimum atomic E-state index is -4.29. The minimum absolute atomic E-state index is 0.139. The third-order valence-electron chi connectivity index (χ3n) is 7.08. The number of halogens is 4. The molecule has 4 bridgehead atoms. The number of rotatable bonds is 5. The summed E-state index contributed by atoms with van der Waals surface area (Å²) in [4.78, 5) is 35.3. The Hall–Kier alpha value is -5.23. The van der Waals surface area contributed by atoms with Crippen molar-refractivity contribution in [1.29, 1.82) is 0 Å². The summed E-state index contributed by atoms with van der Waals surface area (Å²) in [5.74, 6) is 0.848. The maximum atomic E-state index is 12.9. The highest BCUT2D eigenvalue weighted by Crippen LogP contribution is 2.27. The van der Waals surface area contributed by atoms with E-state index in [2.05, 4.69) is 55.8 Å². The highest BCUT2D eigenvalue weighted by molar-refractivity contribution is 6.32. The minimum Gasteiger partial charge on any atom is -0.492 e. The lowest BCUT2D eigenvalue weighted by atomic mass is 9.92. The van der Waals surface area contributed by atoms with Crippen LogP contribution in [0.5, 0.6) is 5.75 Å². The molecule has 53 heavy (non-hydrogen) atoms. The molecule has 6 rings (SSSR count). The van der Waals surface area contributed by atoms with Crippen LogP contribution in [0.2, 0.25) is 5.02 Å². The van der Waals surface area contributed by atoms with Gasteiger partial charge in [0.1, 0.15) is 19.1 Å². The molecule has 0 spiro atoms. The molecule has 0 unspecified atom stereocenters. The molecule has 0 aromatic heterocycles. The molecule has 3 aliphatic heterocycles. The Bertz CT molecular complexity index is 1640. The van der Waals surface area contributed by atoms with Gasteiger partial charge in [0, 0.05) is 48.7 Å². The van der Waals surface area contributed by atoms with E-state index in [4.69, 9.17) is 32.0 Å². The predicted octanol–water partition coefficient (Wildman–Crippen LogP) is 4.85. The van der Waals surface area contributed by atoms with Gasteiger partial charge in [-0.15, -0.1) is 0 Å². The van der Waals surface area contributed by atoms with Crippen molar-refractivity contribution >= 4 is 60.1 Å². The second kappa shape index (κ2) is 22.7. The number of ether oxygens (including phenoxy) is 2. The summed E-state index contributed by atoms with van der Waals surface area (Å²) in [6.45, 7) is 8.73. The molecular weight excluding hydrogens is 721 g/mol. The van der Waals surface area contributed by atoms with Crippen molar-refractivity contribution in [2.45, 2.75) is 33.0 Å². The van der Waals surface area contributed by atoms with Gasteiger partial charge in [-0.05, 0) is 72.6 Å². The van der Waals surface area contributed by atoms with Gasteiger partial charge in [0.2, 0.25) is 5.96 Å². The Balaban J connectivity index is 0.000000640. The number of carboxylic acid groups (broad SMARTS) is 1. The van der Waals surface area contributed by atoms with Gasteiger partial charge >= 0.3 is 6.18 Å². The third-order valence-corrected chi connectivity index (χ3v) is 7.38. The highest BCUT2D eigenvalue weighted by Gasteiger charge is 2.27. The standard InChI is InChI=1S/C30H35ClN6O3.C4H7F3N2O.CH2O2/c1-30(2)19-34-28(38)22-6-8-23(9-7-22)35-29(32-3)33-18-21-5-14-27(26(31)17-21)40-16-4-15-37(20-30)25-12-10-24(36-39)11-13-25;5-4(6,7)1-10-3-9-2-8;2-1-3/h5-14,17,36,39H,3-4,15-16,18-20H2,1-2H3,(H,33,35)(H,34,38);2H,1,3H2,(H2,8,9);1H,(H,2,3)/p+1. The van der Waals surface area contributed by atoms with Crippen LogP contribution in [0.15, 0.2) is 81.7 Å². The number of alkyl halides is 3. The number of nitrogens with zero attached hydrogens (tertiary/aromatic N) is 4. The molecule has 0 radical (unpaired) electrons. The van der Waals surface area contributed by atoms with Crippen LogP contribution in [-0.2, 0) is 16.1 Å². The first-order valence-electron chi connectivity index (χ1n) is 16.1. The van der Waals surface area contributed by atoms with Crippen molar-refractivity contribution in [3.8, 4) is 5.75 Å². The van der Waals surface area contributed by atoms with E-state index in [1.165, 1.54) is 0 Å². The Labute approximate surface area is 310 Å². The molecule has 3 aromatic carbocycles. The fraction of sp³-hybridized carbons (Fsp3) is 0.343. The maximum Gasteiger partial charge on any atom is 0.411 e. The van der Waals surface area contributed by atoms with Crippen molar-refractivity contribution in [2.24, 2.45) is 26.1 Å². The Morgan fingerprint density at radius 2 is 1.85 bits per heavy atom. The second-order valence-corrected chi connectivity index (χ2v) is 12.4. The SMILES string of the molecule is C=NC1=NCc2ccc(c(Cl)c2)OCCCN(c2ccc([NH2+]O)cc2)CC(C)(C)CNC(=O)c2ccc(cc2)N1.N/C=N/COCC(F)(F)F.O=CO. The van der Waals surface area contributed by atoms with Crippen LogP contribution in [0.25, 0.3) is 0 Å². The Kier molecular flexibility index (Phi) is 18.8. The van der Waals surface area contributed by atoms with E-state index in [0.717, 1.165) is 47.4 Å². The van der Waals surface area contributed by atoms with Gasteiger partial charge in [-0.1, -0.05) is 31.5 Å². The van der Waals surface area contributed by atoms with Gasteiger partial charge in [-0.3, -0.25) is 9.59 Å². The molecule has 14 nitrogen and oxygen atoms in total. The molecule has 3 heterocycles. The van der Waals surface area contributed by atoms with Gasteiger partial charge in [-0.2, -0.15) is 18.7 Å². The number of fused-ring (bicyclic) bond motifs is 2. The summed E-state index contributed by atoms with van der Waals surface area (Å²) in [5, 5.41) is 23.0. The number of guanidine groups is 1. The first kappa shape index (κ1) is 43.9. The van der Waals surface area contributed by atoms with Crippen LogP contribution in [0.3, 0.4) is 0 Å². The van der Waals surface area contributed by atoms with Gasteiger partial charge in [0.25, 0.3) is 12.4 Å². The van der Waals surface area contributed by atoms with Crippen LogP contribution in [0, 0.1) is 5.41 Å². The fourth-order valence-corrected chi connectivity index (χ4v) is 4.91. The van der Waals surface area contributed by atoms with Crippen molar-refractivity contribution < 1.29 is 48.0 Å². The smallest absolute Gasteiger partial charge is 0.411 e. The van der Waals surface area contributed by atoms with Crippen molar-refractivity contribution in [2.75, 3.05) is 49.8 Å². The number of aliphatic imine (C=N–C) groups is 3. The molecule has 18 heteroatoms. The number of benzene rings is 3. The number of anilines is 2. The first-order valence-corrected chi connectivity index (χ1v) is 16.4. The number of quaternary nitrogens is 1. The molecular formula is C35H45ClF3N8O6+. The van der Waals surface area contributed by atoms with E-state index >= 15 is 0 Å². The van der Waals surface area contributed by atoms with Crippen molar-refractivity contribution in [3.63, 3.8) is 0 Å². The number of carbonyl (C=O) groups excluding carboxylic acids is 1. The van der Waals surface area contributed by atoms with Gasteiger partial charge in [-0.25, -0.2) is 20.2 Å². The number of nitrogens with two attached hydrogens (primary N) is 2. The van der Waals surface area contributed by atoms with Crippen molar-refractivity contribution in [3.05, 3.63) is 82.9 Å². The lowest BCUT2D eigenvalue weighted by molar-refractivity contribution is -0.825. The third kappa shape index (κ3) is 17.2. The zero-order valence-corrected chi connectivity index (χ0v) is 30.1. The van der Waals surface area contributed by atoms with Crippen LogP contribution in [0.4, 0.5) is 30.2 Å². The average molecular weight is 766 g/mol. The van der Waals surface area contributed by atoms with Crippen LogP contribution < -0.4 is 31.5 Å². The topological polar surface area (TPSA) is 200 Å². The molecule has 3 aliphatic rings. The molecule has 3 aromatic rings. The Morgan fingerprint density at radius 3 is 2.43 bits per heavy atom. The van der Waals surface area contributed by atoms with E-state index in [9.17, 15) is 23.2 Å². The zero-order valence-electron chi connectivity index (χ0n) is 29.4. The average Bonchev–Trinajstić information content (AvgIpc) is 3.13. The summed E-state index contributed by atoms with van der Waals surface area (Å²) >= 11 is 6.52. The lowest BCUT2D eigenvalue weighted by Gasteiger charge is -2.34. The number of nitrogens with one attached hydrogen (secondary N) is 2. The van der Waals surface area contributed by atoms with E-state index in [1.54, 1.807) is 12.1 Å². The first-order chi connectivity index (χ1) is 25.2. The van der Waals surface area contributed by atoms with E-state index in [1.807, 2.05) is 54.6 Å². The molecule has 0 atom stereocenters. The summed E-state index contributed by atoms with van der Waals surface area (Å²) in [5.41, 5.74) is 9.55. The number of hydrogen-bond donors (Lipinski definition) is 6. The highest BCUT2D eigenvalue weighted by atomic mass is 35.5. The molecule has 0 saturated heterocycles. The van der Waals surface area contributed by atoms with E-state index in [-0.39, 0.29) is 24.5 Å². The predicted molar refractivity (Wildman–Crippen MR) is 199 cm³/mol. The summed E-state index contributed by atoms with van der Waals surface area (Å²) in [6, 6.07) is 20.5. The monoisotopic (exact) mass is 765 g/mol. The summed E-state index contributed by atoms with van der Waals surface area (Å²) < 4.78 is 43.9. The number of hydrogen-bond acceptors (Lipinski definition) is 10. The molecule has 0 fully saturated rings. The normalized spacial score (nSPS) is 15.1. The van der Waals surface area contributed by atoms with Crippen LogP contribution >= 0.6 is 11.6 Å². The molecule has 288 valence electrons. The number of carbonyl (C=O) groups is 2. The summed E-state index contributed by atoms with van der Waals surface area (Å²) in [6.07, 6.45) is -2.65. The number of amides is 1. The quantitative estimate of drug-likeness (QED) is 0.0525. The largest absolute Gasteiger partial charge is 0.492 e. The fourth-order valence-electron chi connectivity index (χ4n) is 4.65. The second-order valence-electron chi connectivity index (χ2n) is 12.0. The van der Waals surface area contributed by atoms with Gasteiger partial charge in [0.15, 0.2) is 5.69 Å². The van der Waals surface area contributed by atoms with Crippen LogP contribution in [-0.4, -0.2) is 87.5 Å². The molecule has 0 aliphatic carbocycles. The van der Waals surface area contributed by atoms with E-state index < -0.39 is 12.8 Å². The van der Waals surface area contributed by atoms with Crippen LogP contribution in [0.1, 0.15) is 36.2 Å². The molecule has 8 N–H and O–H groups in total. The van der Waals surface area contributed by atoms with Gasteiger partial charge in [0.05, 0.1) is 24.5 Å². The van der Waals surface area contributed by atoms with Crippen molar-refractivity contribution in [1.82, 2.24) is 5.32 Å². The van der Waals surface area contributed by atoms with E-state index in [0.29, 0.717) is 48.5 Å². The molecule has 1 amide bonds. The van der Waals surface area contributed by atoms with Gasteiger partial charge < -0.3 is 35.8 Å². The lowest BCUT2D eigenvalue weighted by Crippen LogP contribution is -2.73. The molecule has 0 saturated carbocycles. The maximum absolute atomic E-state index is 12.9. The summed E-state index contributed by atoms with van der Waals surface area (Å²) in [7, 11) is 0. The Morgan fingerprint density at radius 1 is 1.17 bits per heavy atom. The zero-order chi connectivity index (χ0) is 39.3.